The van der Waals surface area contributed by atoms with E-state index in [-0.39, 0.29) is 0 Å². The standard InChI is InChI=1S/C23H34N2.C8H16.C5H10/c1-9-14-25(15-10-2)20-12-13-22(23(16-20)17(4)5)21(11-3)19(8)24-18(6)7;1-7-3-5-8(2)6-4-7;1-2-5-3-4-5/h11-13,16H,3-4,9-10,14-15H2,1-2,5-8H3;7-8H,3-6H2,1-2H3;5H,2-4H2,1H3/b21-19+;;. The first-order chi connectivity index (χ1) is 18.1. The Kier molecular flexibility index (Phi) is 16.3. The van der Waals surface area contributed by atoms with Crippen LogP contribution in [-0.4, -0.2) is 18.8 Å². The third-order valence-electron chi connectivity index (χ3n) is 7.67. The van der Waals surface area contributed by atoms with Crippen LogP contribution < -0.4 is 4.90 Å². The lowest BCUT2D eigenvalue weighted by Crippen LogP contribution is -2.24. The third kappa shape index (κ3) is 12.6. The molecule has 2 nitrogen and oxygen atoms in total. The molecule has 0 aliphatic heterocycles. The molecule has 0 atom stereocenters. The molecule has 2 fully saturated rings. The molecule has 2 aliphatic carbocycles. The summed E-state index contributed by atoms with van der Waals surface area (Å²) in [4.78, 5) is 7.08. The summed E-state index contributed by atoms with van der Waals surface area (Å²) in [6, 6.07) is 6.67. The largest absolute Gasteiger partial charge is 0.372 e. The Labute approximate surface area is 237 Å². The molecule has 0 saturated heterocycles. The van der Waals surface area contributed by atoms with E-state index >= 15 is 0 Å². The van der Waals surface area contributed by atoms with E-state index in [1.807, 2.05) is 26.8 Å². The molecule has 0 radical (unpaired) electrons. The Balaban J connectivity index is 0.000000445. The molecule has 0 heterocycles. The maximum absolute atomic E-state index is 4.63. The first kappa shape index (κ1) is 33.9. The summed E-state index contributed by atoms with van der Waals surface area (Å²) in [6.07, 6.45) is 14.5. The molecular formula is C36H60N2. The molecule has 0 spiro atoms. The minimum atomic E-state index is 0.990. The van der Waals surface area contributed by atoms with E-state index in [1.165, 1.54) is 56.2 Å². The first-order valence-electron chi connectivity index (χ1n) is 15.5. The van der Waals surface area contributed by atoms with Gasteiger partial charge in [-0.2, -0.15) is 0 Å². The molecule has 0 aromatic heterocycles. The lowest BCUT2D eigenvalue weighted by molar-refractivity contribution is 0.308. The van der Waals surface area contributed by atoms with Gasteiger partial charge in [0.15, 0.2) is 0 Å². The SMILES string of the molecule is C=C/C(=C(/C)N=C(C)C)c1ccc(N(CCC)CCC)cc1C(=C)C.CC1CCC(C)CC1.CCC1CC1. The van der Waals surface area contributed by atoms with E-state index in [0.717, 1.165) is 71.8 Å². The van der Waals surface area contributed by atoms with Crippen molar-refractivity contribution in [3.63, 3.8) is 0 Å². The van der Waals surface area contributed by atoms with Crippen molar-refractivity contribution in [2.75, 3.05) is 18.0 Å². The predicted molar refractivity (Wildman–Crippen MR) is 175 cm³/mol. The molecule has 1 aromatic carbocycles. The Morgan fingerprint density at radius 2 is 1.39 bits per heavy atom. The highest BCUT2D eigenvalue weighted by atomic mass is 15.1. The average Bonchev–Trinajstić information content (AvgIpc) is 3.71. The Morgan fingerprint density at radius 3 is 1.74 bits per heavy atom. The zero-order chi connectivity index (χ0) is 28.7. The van der Waals surface area contributed by atoms with Gasteiger partial charge in [-0.05, 0) is 81.5 Å². The second kappa shape index (κ2) is 18.2. The van der Waals surface area contributed by atoms with Crippen molar-refractivity contribution in [2.45, 2.75) is 120 Å². The van der Waals surface area contributed by atoms with Crippen LogP contribution in [0.1, 0.15) is 131 Å². The molecule has 2 aliphatic rings. The monoisotopic (exact) mass is 520 g/mol. The molecule has 38 heavy (non-hydrogen) atoms. The van der Waals surface area contributed by atoms with Crippen molar-refractivity contribution < 1.29 is 0 Å². The van der Waals surface area contributed by atoms with Gasteiger partial charge in [0.05, 0.1) is 0 Å². The van der Waals surface area contributed by atoms with Crippen LogP contribution in [0.15, 0.2) is 48.1 Å². The molecule has 0 amide bonds. The predicted octanol–water partition coefficient (Wildman–Crippen LogP) is 11.4. The molecule has 214 valence electrons. The van der Waals surface area contributed by atoms with Gasteiger partial charge in [-0.15, -0.1) is 0 Å². The normalized spacial score (nSPS) is 19.1. The second-order valence-corrected chi connectivity index (χ2v) is 12.0. The number of hydrogen-bond acceptors (Lipinski definition) is 2. The van der Waals surface area contributed by atoms with E-state index in [2.05, 4.69) is 82.8 Å². The van der Waals surface area contributed by atoms with Crippen LogP contribution in [-0.2, 0) is 0 Å². The molecule has 3 rings (SSSR count). The molecule has 0 unspecified atom stereocenters. The summed E-state index contributed by atoms with van der Waals surface area (Å²) in [7, 11) is 0. The summed E-state index contributed by atoms with van der Waals surface area (Å²) in [5, 5.41) is 0. The molecule has 2 heteroatoms. The highest BCUT2D eigenvalue weighted by Crippen LogP contribution is 2.32. The zero-order valence-electron chi connectivity index (χ0n) is 26.6. The fourth-order valence-corrected chi connectivity index (χ4v) is 5.03. The quantitative estimate of drug-likeness (QED) is 0.221. The van der Waals surface area contributed by atoms with Crippen LogP contribution in [0.4, 0.5) is 5.69 Å². The van der Waals surface area contributed by atoms with Gasteiger partial charge in [0.1, 0.15) is 0 Å². The van der Waals surface area contributed by atoms with Gasteiger partial charge in [-0.25, -0.2) is 0 Å². The number of allylic oxidation sites excluding steroid dienone is 4. The number of nitrogens with zero attached hydrogens (tertiary/aromatic N) is 2. The van der Waals surface area contributed by atoms with Crippen molar-refractivity contribution in [3.05, 3.63) is 54.3 Å². The minimum absolute atomic E-state index is 0.990. The Hall–Kier alpha value is -2.09. The number of rotatable bonds is 10. The highest BCUT2D eigenvalue weighted by Gasteiger charge is 2.17. The topological polar surface area (TPSA) is 15.6 Å². The summed E-state index contributed by atoms with van der Waals surface area (Å²) >= 11 is 0. The van der Waals surface area contributed by atoms with Gasteiger partial charge in [0.2, 0.25) is 0 Å². The maximum atomic E-state index is 4.63. The minimum Gasteiger partial charge on any atom is -0.372 e. The summed E-state index contributed by atoms with van der Waals surface area (Å²) in [5.41, 5.74) is 7.76. The fraction of sp³-hybridized carbons (Fsp3) is 0.639. The van der Waals surface area contributed by atoms with Crippen molar-refractivity contribution in [2.24, 2.45) is 22.7 Å². The van der Waals surface area contributed by atoms with Crippen molar-refractivity contribution in [3.8, 4) is 0 Å². The van der Waals surface area contributed by atoms with Gasteiger partial charge in [0, 0.05) is 35.8 Å². The second-order valence-electron chi connectivity index (χ2n) is 12.0. The van der Waals surface area contributed by atoms with E-state index in [0.29, 0.717) is 0 Å². The van der Waals surface area contributed by atoms with Crippen LogP contribution >= 0.6 is 0 Å². The van der Waals surface area contributed by atoms with Gasteiger partial charge < -0.3 is 4.90 Å². The summed E-state index contributed by atoms with van der Waals surface area (Å²) < 4.78 is 0. The number of aliphatic imine (C=N–C) groups is 1. The van der Waals surface area contributed by atoms with Gasteiger partial charge >= 0.3 is 0 Å². The molecule has 2 saturated carbocycles. The Morgan fingerprint density at radius 1 is 0.868 bits per heavy atom. The van der Waals surface area contributed by atoms with Crippen molar-refractivity contribution in [1.82, 2.24) is 0 Å². The maximum Gasteiger partial charge on any atom is 0.0450 e. The smallest absolute Gasteiger partial charge is 0.0450 e. The number of anilines is 1. The Bertz CT molecular complexity index is 887. The van der Waals surface area contributed by atoms with E-state index in [9.17, 15) is 0 Å². The molecular weight excluding hydrogens is 460 g/mol. The van der Waals surface area contributed by atoms with E-state index in [4.69, 9.17) is 0 Å². The van der Waals surface area contributed by atoms with Crippen LogP contribution in [0, 0.1) is 17.8 Å². The summed E-state index contributed by atoms with van der Waals surface area (Å²) in [5.74, 6) is 3.17. The summed E-state index contributed by atoms with van der Waals surface area (Å²) in [6.45, 7) is 30.0. The van der Waals surface area contributed by atoms with Crippen LogP contribution in [0.3, 0.4) is 0 Å². The van der Waals surface area contributed by atoms with E-state index < -0.39 is 0 Å². The van der Waals surface area contributed by atoms with E-state index in [1.54, 1.807) is 0 Å². The average molecular weight is 521 g/mol. The van der Waals surface area contributed by atoms with Crippen LogP contribution in [0.2, 0.25) is 0 Å². The zero-order valence-corrected chi connectivity index (χ0v) is 26.6. The third-order valence-corrected chi connectivity index (χ3v) is 7.67. The first-order valence-corrected chi connectivity index (χ1v) is 15.5. The molecule has 0 N–H and O–H groups in total. The van der Waals surface area contributed by atoms with Crippen molar-refractivity contribution in [1.29, 1.82) is 0 Å². The fourth-order valence-electron chi connectivity index (χ4n) is 5.03. The molecule has 0 bridgehead atoms. The lowest BCUT2D eigenvalue weighted by atomic mass is 9.84. The molecule has 1 aromatic rings. The number of benzene rings is 1. The van der Waals surface area contributed by atoms with Crippen molar-refractivity contribution >= 4 is 22.5 Å². The number of hydrogen-bond donors (Lipinski definition) is 0. The van der Waals surface area contributed by atoms with Gasteiger partial charge in [-0.3, -0.25) is 4.99 Å². The van der Waals surface area contributed by atoms with Crippen LogP contribution in [0.5, 0.6) is 0 Å². The van der Waals surface area contributed by atoms with Gasteiger partial charge in [0.25, 0.3) is 0 Å². The lowest BCUT2D eigenvalue weighted by Gasteiger charge is -2.25. The van der Waals surface area contributed by atoms with Gasteiger partial charge in [-0.1, -0.05) is 110 Å². The highest BCUT2D eigenvalue weighted by molar-refractivity contribution is 5.88. The van der Waals surface area contributed by atoms with Crippen LogP contribution in [0.25, 0.3) is 11.1 Å².